The molecule has 0 bridgehead atoms. The number of amides is 1. The number of benzene rings is 1. The third-order valence-electron chi connectivity index (χ3n) is 4.60. The van der Waals surface area contributed by atoms with Crippen molar-refractivity contribution in [2.45, 2.75) is 19.8 Å². The summed E-state index contributed by atoms with van der Waals surface area (Å²) in [7, 11) is 0. The highest BCUT2D eigenvalue weighted by Crippen LogP contribution is 2.25. The topological polar surface area (TPSA) is 35.6 Å². The van der Waals surface area contributed by atoms with Gasteiger partial charge in [-0.2, -0.15) is 0 Å². The molecule has 0 radical (unpaired) electrons. The van der Waals surface area contributed by atoms with Gasteiger partial charge in [0.2, 0.25) is 5.91 Å². The number of hydrogen-bond acceptors (Lipinski definition) is 3. The minimum absolute atomic E-state index is 0.0950. The van der Waals surface area contributed by atoms with Crippen molar-refractivity contribution in [3.8, 4) is 0 Å². The number of anilines is 1. The third kappa shape index (κ3) is 3.21. The van der Waals surface area contributed by atoms with E-state index in [2.05, 4.69) is 40.2 Å². The van der Waals surface area contributed by atoms with E-state index in [0.717, 1.165) is 45.7 Å². The molecule has 1 fully saturated rings. The highest BCUT2D eigenvalue weighted by molar-refractivity contribution is 5.81. The Morgan fingerprint density at radius 3 is 2.76 bits per heavy atom. The van der Waals surface area contributed by atoms with Gasteiger partial charge in [0, 0.05) is 38.4 Å². The van der Waals surface area contributed by atoms with Gasteiger partial charge >= 0.3 is 0 Å². The second-order valence-corrected chi connectivity index (χ2v) is 6.11. The van der Waals surface area contributed by atoms with Crippen molar-refractivity contribution in [3.63, 3.8) is 0 Å². The summed E-state index contributed by atoms with van der Waals surface area (Å²) >= 11 is 0. The van der Waals surface area contributed by atoms with Gasteiger partial charge in [0.25, 0.3) is 0 Å². The van der Waals surface area contributed by atoms with Crippen LogP contribution in [0, 0.1) is 5.92 Å². The van der Waals surface area contributed by atoms with E-state index >= 15 is 0 Å². The molecule has 1 N–H and O–H groups in total. The van der Waals surface area contributed by atoms with E-state index in [9.17, 15) is 4.79 Å². The summed E-state index contributed by atoms with van der Waals surface area (Å²) in [4.78, 5) is 17.2. The van der Waals surface area contributed by atoms with E-state index in [1.165, 1.54) is 17.7 Å². The van der Waals surface area contributed by atoms with Crippen LogP contribution in [0.2, 0.25) is 0 Å². The van der Waals surface area contributed by atoms with Gasteiger partial charge in [-0.15, -0.1) is 0 Å². The van der Waals surface area contributed by atoms with Crippen LogP contribution >= 0.6 is 0 Å². The fraction of sp³-hybridized carbons (Fsp3) is 0.588. The van der Waals surface area contributed by atoms with E-state index in [4.69, 9.17) is 0 Å². The SMILES string of the molecule is CCCN1CCN(C(=O)C2CNc3ccccc3C2)CC1. The molecule has 1 unspecified atom stereocenters. The molecule has 0 aromatic heterocycles. The molecule has 2 heterocycles. The minimum atomic E-state index is 0.0950. The van der Waals surface area contributed by atoms with Crippen LogP contribution in [0.4, 0.5) is 5.69 Å². The van der Waals surface area contributed by atoms with Crippen LogP contribution in [0.1, 0.15) is 18.9 Å². The minimum Gasteiger partial charge on any atom is -0.384 e. The number of carbonyl (C=O) groups is 1. The monoisotopic (exact) mass is 287 g/mol. The molecule has 1 saturated heterocycles. The van der Waals surface area contributed by atoms with Crippen LogP contribution in [0.3, 0.4) is 0 Å². The van der Waals surface area contributed by atoms with Gasteiger partial charge in [0.05, 0.1) is 5.92 Å². The summed E-state index contributed by atoms with van der Waals surface area (Å²) in [5.41, 5.74) is 2.46. The molecular weight excluding hydrogens is 262 g/mol. The van der Waals surface area contributed by atoms with Crippen LogP contribution in [-0.4, -0.2) is 55.0 Å². The van der Waals surface area contributed by atoms with E-state index in [1.807, 2.05) is 6.07 Å². The molecule has 21 heavy (non-hydrogen) atoms. The summed E-state index contributed by atoms with van der Waals surface area (Å²) < 4.78 is 0. The average Bonchev–Trinajstić information content (AvgIpc) is 2.55. The Bertz CT molecular complexity index is 495. The third-order valence-corrected chi connectivity index (χ3v) is 4.60. The highest BCUT2D eigenvalue weighted by atomic mass is 16.2. The molecule has 2 aliphatic heterocycles. The lowest BCUT2D eigenvalue weighted by molar-refractivity contribution is -0.136. The van der Waals surface area contributed by atoms with Crippen molar-refractivity contribution in [1.82, 2.24) is 9.80 Å². The molecule has 1 aromatic carbocycles. The molecule has 0 saturated carbocycles. The zero-order valence-corrected chi connectivity index (χ0v) is 12.8. The number of carbonyl (C=O) groups excluding carboxylic acids is 1. The maximum absolute atomic E-state index is 12.7. The fourth-order valence-electron chi connectivity index (χ4n) is 3.38. The van der Waals surface area contributed by atoms with Crippen molar-refractivity contribution in [3.05, 3.63) is 29.8 Å². The molecule has 1 atom stereocenters. The smallest absolute Gasteiger partial charge is 0.227 e. The van der Waals surface area contributed by atoms with Gasteiger partial charge in [-0.3, -0.25) is 9.69 Å². The Morgan fingerprint density at radius 2 is 2.00 bits per heavy atom. The van der Waals surface area contributed by atoms with Crippen LogP contribution in [0.15, 0.2) is 24.3 Å². The van der Waals surface area contributed by atoms with E-state index in [-0.39, 0.29) is 5.92 Å². The summed E-state index contributed by atoms with van der Waals surface area (Å²) in [6, 6.07) is 8.32. The van der Waals surface area contributed by atoms with Crippen LogP contribution in [-0.2, 0) is 11.2 Å². The predicted molar refractivity (Wildman–Crippen MR) is 85.4 cm³/mol. The molecule has 114 valence electrons. The normalized spacial score (nSPS) is 22.5. The Morgan fingerprint density at radius 1 is 1.24 bits per heavy atom. The lowest BCUT2D eigenvalue weighted by atomic mass is 9.92. The zero-order valence-electron chi connectivity index (χ0n) is 12.8. The first-order chi connectivity index (χ1) is 10.3. The van der Waals surface area contributed by atoms with Crippen LogP contribution < -0.4 is 5.32 Å². The van der Waals surface area contributed by atoms with Crippen molar-refractivity contribution in [2.24, 2.45) is 5.92 Å². The Balaban J connectivity index is 1.57. The predicted octanol–water partition coefficient (Wildman–Crippen LogP) is 1.82. The Labute approximate surface area is 127 Å². The van der Waals surface area contributed by atoms with Crippen molar-refractivity contribution in [2.75, 3.05) is 44.6 Å². The number of hydrogen-bond donors (Lipinski definition) is 1. The second-order valence-electron chi connectivity index (χ2n) is 6.11. The molecule has 2 aliphatic rings. The number of para-hydroxylation sites is 1. The van der Waals surface area contributed by atoms with Gasteiger partial charge in [-0.25, -0.2) is 0 Å². The Hall–Kier alpha value is -1.55. The van der Waals surface area contributed by atoms with E-state index < -0.39 is 0 Å². The molecule has 3 rings (SSSR count). The lowest BCUT2D eigenvalue weighted by Crippen LogP contribution is -2.51. The second kappa shape index (κ2) is 6.48. The van der Waals surface area contributed by atoms with Gasteiger partial charge in [0.1, 0.15) is 0 Å². The largest absolute Gasteiger partial charge is 0.384 e. The van der Waals surface area contributed by atoms with Crippen molar-refractivity contribution in [1.29, 1.82) is 0 Å². The van der Waals surface area contributed by atoms with Crippen molar-refractivity contribution >= 4 is 11.6 Å². The summed E-state index contributed by atoms with van der Waals surface area (Å²) in [5.74, 6) is 0.422. The summed E-state index contributed by atoms with van der Waals surface area (Å²) in [6.07, 6.45) is 2.06. The molecule has 4 heteroatoms. The standard InChI is InChI=1S/C17H25N3O/c1-2-7-19-8-10-20(11-9-19)17(21)15-12-14-5-3-4-6-16(14)18-13-15/h3-6,15,18H,2,7-13H2,1H3. The number of nitrogens with zero attached hydrogens (tertiary/aromatic N) is 2. The highest BCUT2D eigenvalue weighted by Gasteiger charge is 2.29. The van der Waals surface area contributed by atoms with Gasteiger partial charge in [-0.05, 0) is 31.0 Å². The van der Waals surface area contributed by atoms with Gasteiger partial charge in [0.15, 0.2) is 0 Å². The van der Waals surface area contributed by atoms with E-state index in [0.29, 0.717) is 5.91 Å². The first-order valence-corrected chi connectivity index (χ1v) is 8.11. The quantitative estimate of drug-likeness (QED) is 0.921. The maximum atomic E-state index is 12.7. The molecule has 0 aliphatic carbocycles. The van der Waals surface area contributed by atoms with Crippen molar-refractivity contribution < 1.29 is 4.79 Å². The summed E-state index contributed by atoms with van der Waals surface area (Å²) in [6.45, 7) is 7.95. The number of piperazine rings is 1. The number of fused-ring (bicyclic) bond motifs is 1. The molecular formula is C17H25N3O. The number of nitrogens with one attached hydrogen (secondary N) is 1. The molecule has 4 nitrogen and oxygen atoms in total. The number of rotatable bonds is 3. The maximum Gasteiger partial charge on any atom is 0.227 e. The summed E-state index contributed by atoms with van der Waals surface area (Å²) in [5, 5.41) is 3.40. The van der Waals surface area contributed by atoms with Crippen LogP contribution in [0.5, 0.6) is 0 Å². The lowest BCUT2D eigenvalue weighted by Gasteiger charge is -2.37. The molecule has 0 spiro atoms. The Kier molecular flexibility index (Phi) is 4.44. The molecule has 1 amide bonds. The zero-order chi connectivity index (χ0) is 14.7. The molecule has 1 aromatic rings. The van der Waals surface area contributed by atoms with E-state index in [1.54, 1.807) is 0 Å². The fourth-order valence-corrected chi connectivity index (χ4v) is 3.38. The first-order valence-electron chi connectivity index (χ1n) is 8.11. The first kappa shape index (κ1) is 14.4. The van der Waals surface area contributed by atoms with Gasteiger partial charge < -0.3 is 10.2 Å². The van der Waals surface area contributed by atoms with Gasteiger partial charge in [-0.1, -0.05) is 25.1 Å². The average molecular weight is 287 g/mol. The van der Waals surface area contributed by atoms with Crippen LogP contribution in [0.25, 0.3) is 0 Å².